The SMILES string of the molecule is CC(N[C@H](C)CCO)c1ccccc1Br. The van der Waals surface area contributed by atoms with Gasteiger partial charge < -0.3 is 10.4 Å². The van der Waals surface area contributed by atoms with E-state index >= 15 is 0 Å². The van der Waals surface area contributed by atoms with Gasteiger partial charge in [-0.3, -0.25) is 0 Å². The maximum Gasteiger partial charge on any atom is 0.0445 e. The number of aliphatic hydroxyl groups is 1. The third-order valence-corrected chi connectivity index (χ3v) is 3.19. The smallest absolute Gasteiger partial charge is 0.0445 e. The molecule has 0 saturated heterocycles. The summed E-state index contributed by atoms with van der Waals surface area (Å²) in [5.74, 6) is 0. The molecule has 0 spiro atoms. The molecule has 84 valence electrons. The van der Waals surface area contributed by atoms with E-state index in [0.29, 0.717) is 12.1 Å². The van der Waals surface area contributed by atoms with Gasteiger partial charge in [-0.05, 0) is 31.9 Å². The Labute approximate surface area is 99.8 Å². The summed E-state index contributed by atoms with van der Waals surface area (Å²) in [7, 11) is 0. The molecule has 2 N–H and O–H groups in total. The van der Waals surface area contributed by atoms with Gasteiger partial charge in [-0.25, -0.2) is 0 Å². The summed E-state index contributed by atoms with van der Waals surface area (Å²) < 4.78 is 1.13. The highest BCUT2D eigenvalue weighted by Crippen LogP contribution is 2.23. The van der Waals surface area contributed by atoms with Gasteiger partial charge in [0.25, 0.3) is 0 Å². The number of benzene rings is 1. The number of rotatable bonds is 5. The van der Waals surface area contributed by atoms with Crippen molar-refractivity contribution >= 4 is 15.9 Å². The van der Waals surface area contributed by atoms with Crippen molar-refractivity contribution in [2.24, 2.45) is 0 Å². The lowest BCUT2D eigenvalue weighted by Gasteiger charge is -2.20. The first kappa shape index (κ1) is 12.7. The third kappa shape index (κ3) is 3.93. The van der Waals surface area contributed by atoms with Gasteiger partial charge in [0.15, 0.2) is 0 Å². The molecule has 0 aromatic heterocycles. The summed E-state index contributed by atoms with van der Waals surface area (Å²) in [4.78, 5) is 0. The lowest BCUT2D eigenvalue weighted by atomic mass is 10.1. The Morgan fingerprint density at radius 3 is 2.60 bits per heavy atom. The predicted octanol–water partition coefficient (Wildman–Crippen LogP) is 2.87. The lowest BCUT2D eigenvalue weighted by molar-refractivity contribution is 0.264. The van der Waals surface area contributed by atoms with Crippen molar-refractivity contribution in [2.75, 3.05) is 6.61 Å². The summed E-state index contributed by atoms with van der Waals surface area (Å²) in [6.45, 7) is 4.45. The maximum atomic E-state index is 8.83. The molecule has 0 aliphatic carbocycles. The van der Waals surface area contributed by atoms with Crippen molar-refractivity contribution in [1.82, 2.24) is 5.32 Å². The van der Waals surface area contributed by atoms with E-state index in [1.165, 1.54) is 5.56 Å². The first-order chi connectivity index (χ1) is 7.15. The molecular formula is C12H18BrNO. The van der Waals surface area contributed by atoms with Crippen LogP contribution in [-0.4, -0.2) is 17.8 Å². The second-order valence-corrected chi connectivity index (χ2v) is 4.68. The average molecular weight is 272 g/mol. The Morgan fingerprint density at radius 1 is 1.33 bits per heavy atom. The molecule has 3 heteroatoms. The summed E-state index contributed by atoms with van der Waals surface area (Å²) in [6.07, 6.45) is 0.787. The molecule has 0 bridgehead atoms. The molecule has 0 heterocycles. The maximum absolute atomic E-state index is 8.83. The molecule has 1 unspecified atom stereocenters. The highest BCUT2D eigenvalue weighted by atomic mass is 79.9. The highest BCUT2D eigenvalue weighted by Gasteiger charge is 2.10. The van der Waals surface area contributed by atoms with E-state index in [1.54, 1.807) is 0 Å². The number of hydrogen-bond acceptors (Lipinski definition) is 2. The predicted molar refractivity (Wildman–Crippen MR) is 66.9 cm³/mol. The van der Waals surface area contributed by atoms with Gasteiger partial charge in [-0.1, -0.05) is 34.1 Å². The number of halogens is 1. The fraction of sp³-hybridized carbons (Fsp3) is 0.500. The fourth-order valence-electron chi connectivity index (χ4n) is 1.62. The van der Waals surface area contributed by atoms with Crippen LogP contribution in [0.25, 0.3) is 0 Å². The van der Waals surface area contributed by atoms with Gasteiger partial charge in [0.05, 0.1) is 0 Å². The molecule has 0 fully saturated rings. The summed E-state index contributed by atoms with van der Waals surface area (Å²) >= 11 is 3.54. The van der Waals surface area contributed by atoms with Crippen LogP contribution >= 0.6 is 15.9 Å². The Balaban J connectivity index is 2.61. The first-order valence-corrected chi connectivity index (χ1v) is 6.05. The molecule has 0 radical (unpaired) electrons. The highest BCUT2D eigenvalue weighted by molar-refractivity contribution is 9.10. The van der Waals surface area contributed by atoms with Crippen LogP contribution in [-0.2, 0) is 0 Å². The minimum atomic E-state index is 0.233. The fourth-order valence-corrected chi connectivity index (χ4v) is 2.25. The Bertz CT molecular complexity index is 303. The topological polar surface area (TPSA) is 32.3 Å². The second-order valence-electron chi connectivity index (χ2n) is 3.82. The van der Waals surface area contributed by atoms with Crippen molar-refractivity contribution in [3.05, 3.63) is 34.3 Å². The van der Waals surface area contributed by atoms with Gasteiger partial charge in [-0.2, -0.15) is 0 Å². The molecule has 1 aromatic carbocycles. The van der Waals surface area contributed by atoms with Crippen LogP contribution in [0.1, 0.15) is 31.9 Å². The number of hydrogen-bond donors (Lipinski definition) is 2. The van der Waals surface area contributed by atoms with E-state index in [4.69, 9.17) is 5.11 Å². The summed E-state index contributed by atoms with van der Waals surface area (Å²) in [6, 6.07) is 8.82. The van der Waals surface area contributed by atoms with Gasteiger partial charge in [0, 0.05) is 23.2 Å². The third-order valence-electron chi connectivity index (χ3n) is 2.47. The molecule has 0 saturated carbocycles. The van der Waals surface area contributed by atoms with Crippen molar-refractivity contribution in [3.8, 4) is 0 Å². The van der Waals surface area contributed by atoms with Gasteiger partial charge in [-0.15, -0.1) is 0 Å². The number of nitrogens with one attached hydrogen (secondary N) is 1. The van der Waals surface area contributed by atoms with Gasteiger partial charge >= 0.3 is 0 Å². The zero-order chi connectivity index (χ0) is 11.3. The molecular weight excluding hydrogens is 254 g/mol. The van der Waals surface area contributed by atoms with Crippen molar-refractivity contribution in [3.63, 3.8) is 0 Å². The van der Waals surface area contributed by atoms with Crippen LogP contribution in [0.15, 0.2) is 28.7 Å². The summed E-state index contributed by atoms with van der Waals surface area (Å²) in [5.41, 5.74) is 1.25. The van der Waals surface area contributed by atoms with E-state index in [0.717, 1.165) is 10.9 Å². The quantitative estimate of drug-likeness (QED) is 0.863. The van der Waals surface area contributed by atoms with Crippen LogP contribution in [0.3, 0.4) is 0 Å². The summed E-state index contributed by atoms with van der Waals surface area (Å²) in [5, 5.41) is 12.3. The second kappa shape index (κ2) is 6.26. The van der Waals surface area contributed by atoms with Crippen LogP contribution in [0, 0.1) is 0 Å². The van der Waals surface area contributed by atoms with Crippen molar-refractivity contribution < 1.29 is 5.11 Å². The zero-order valence-corrected chi connectivity index (χ0v) is 10.8. The monoisotopic (exact) mass is 271 g/mol. The molecule has 0 aliphatic rings. The van der Waals surface area contributed by atoms with Crippen molar-refractivity contribution in [2.45, 2.75) is 32.4 Å². The van der Waals surface area contributed by atoms with E-state index in [-0.39, 0.29) is 6.61 Å². The molecule has 2 nitrogen and oxygen atoms in total. The lowest BCUT2D eigenvalue weighted by Crippen LogP contribution is -2.29. The van der Waals surface area contributed by atoms with E-state index < -0.39 is 0 Å². The Morgan fingerprint density at radius 2 is 2.00 bits per heavy atom. The largest absolute Gasteiger partial charge is 0.396 e. The molecule has 0 aliphatic heterocycles. The molecule has 1 aromatic rings. The zero-order valence-electron chi connectivity index (χ0n) is 9.20. The molecule has 2 atom stereocenters. The minimum absolute atomic E-state index is 0.233. The first-order valence-electron chi connectivity index (χ1n) is 5.26. The van der Waals surface area contributed by atoms with Crippen molar-refractivity contribution in [1.29, 1.82) is 0 Å². The molecule has 15 heavy (non-hydrogen) atoms. The van der Waals surface area contributed by atoms with Gasteiger partial charge in [0.1, 0.15) is 0 Å². The standard InChI is InChI=1S/C12H18BrNO/c1-9(7-8-15)14-10(2)11-5-3-4-6-12(11)13/h3-6,9-10,14-15H,7-8H2,1-2H3/t9-,10?/m1/s1. The van der Waals surface area contributed by atoms with Crippen LogP contribution < -0.4 is 5.32 Å². The minimum Gasteiger partial charge on any atom is -0.396 e. The van der Waals surface area contributed by atoms with E-state index in [2.05, 4.69) is 41.2 Å². The van der Waals surface area contributed by atoms with Crippen LogP contribution in [0.5, 0.6) is 0 Å². The average Bonchev–Trinajstić information content (AvgIpc) is 2.18. The van der Waals surface area contributed by atoms with Crippen LogP contribution in [0.2, 0.25) is 0 Å². The van der Waals surface area contributed by atoms with Gasteiger partial charge in [0.2, 0.25) is 0 Å². The molecule has 0 amide bonds. The van der Waals surface area contributed by atoms with E-state index in [9.17, 15) is 0 Å². The Kier molecular flexibility index (Phi) is 5.29. The number of aliphatic hydroxyl groups excluding tert-OH is 1. The Hall–Kier alpha value is -0.380. The van der Waals surface area contributed by atoms with Crippen LogP contribution in [0.4, 0.5) is 0 Å². The van der Waals surface area contributed by atoms with E-state index in [1.807, 2.05) is 18.2 Å². The normalized spacial score (nSPS) is 14.9. The molecule has 1 rings (SSSR count).